The van der Waals surface area contributed by atoms with E-state index in [9.17, 15) is 18.0 Å². The van der Waals surface area contributed by atoms with E-state index in [1.54, 1.807) is 0 Å². The third-order valence-electron chi connectivity index (χ3n) is 1.32. The van der Waals surface area contributed by atoms with Gasteiger partial charge < -0.3 is 0 Å². The van der Waals surface area contributed by atoms with E-state index < -0.39 is 6.18 Å². The zero-order valence-electron chi connectivity index (χ0n) is 6.82. The van der Waals surface area contributed by atoms with Crippen molar-refractivity contribution in [1.82, 2.24) is 0 Å². The van der Waals surface area contributed by atoms with E-state index in [2.05, 4.69) is 0 Å². The molecular formula is C8H11F3O. The highest BCUT2D eigenvalue weighted by atomic mass is 19.4. The SMILES string of the molecule is CCCC/C(C=O)=C\C(F)(F)F. The molecule has 70 valence electrons. The summed E-state index contributed by atoms with van der Waals surface area (Å²) < 4.78 is 35.1. The Morgan fingerprint density at radius 2 is 2.00 bits per heavy atom. The number of halogens is 3. The summed E-state index contributed by atoms with van der Waals surface area (Å²) in [4.78, 5) is 10.1. The van der Waals surface area contributed by atoms with Crippen molar-refractivity contribution in [3.8, 4) is 0 Å². The van der Waals surface area contributed by atoms with E-state index in [1.807, 2.05) is 6.92 Å². The predicted molar refractivity (Wildman–Crippen MR) is 39.7 cm³/mol. The molecule has 0 aliphatic heterocycles. The summed E-state index contributed by atoms with van der Waals surface area (Å²) >= 11 is 0. The fourth-order valence-electron chi connectivity index (χ4n) is 0.756. The number of allylic oxidation sites excluding steroid dienone is 2. The highest BCUT2D eigenvalue weighted by Crippen LogP contribution is 2.19. The molecule has 0 fully saturated rings. The predicted octanol–water partition coefficient (Wildman–Crippen LogP) is 2.86. The van der Waals surface area contributed by atoms with Crippen molar-refractivity contribution < 1.29 is 18.0 Å². The molecule has 0 amide bonds. The number of alkyl halides is 3. The monoisotopic (exact) mass is 180 g/mol. The van der Waals surface area contributed by atoms with Crippen molar-refractivity contribution in [2.24, 2.45) is 0 Å². The number of rotatable bonds is 4. The largest absolute Gasteiger partial charge is 0.410 e. The zero-order chi connectivity index (χ0) is 9.61. The molecule has 0 saturated heterocycles. The summed E-state index contributed by atoms with van der Waals surface area (Å²) in [5.41, 5.74) is -0.177. The number of aldehydes is 1. The van der Waals surface area contributed by atoms with Crippen LogP contribution in [0.5, 0.6) is 0 Å². The van der Waals surface area contributed by atoms with Crippen molar-refractivity contribution in [3.63, 3.8) is 0 Å². The lowest BCUT2D eigenvalue weighted by atomic mass is 10.1. The highest BCUT2D eigenvalue weighted by molar-refractivity contribution is 5.73. The van der Waals surface area contributed by atoms with Gasteiger partial charge >= 0.3 is 6.18 Å². The van der Waals surface area contributed by atoms with Crippen LogP contribution in [0.1, 0.15) is 26.2 Å². The molecule has 0 radical (unpaired) electrons. The standard InChI is InChI=1S/C8H11F3O/c1-2-3-4-7(6-12)5-8(9,10)11/h5-6H,2-4H2,1H3/b7-5+. The molecule has 0 aromatic rings. The van der Waals surface area contributed by atoms with E-state index in [0.717, 1.165) is 6.42 Å². The average molecular weight is 180 g/mol. The van der Waals surface area contributed by atoms with Gasteiger partial charge in [-0.15, -0.1) is 0 Å². The van der Waals surface area contributed by atoms with E-state index in [-0.39, 0.29) is 24.4 Å². The molecule has 1 nitrogen and oxygen atoms in total. The third-order valence-corrected chi connectivity index (χ3v) is 1.32. The fourth-order valence-corrected chi connectivity index (χ4v) is 0.756. The molecule has 0 aliphatic carbocycles. The molecule has 4 heteroatoms. The first-order valence-electron chi connectivity index (χ1n) is 3.73. The van der Waals surface area contributed by atoms with Crippen LogP contribution >= 0.6 is 0 Å². The second-order valence-electron chi connectivity index (χ2n) is 2.48. The Morgan fingerprint density at radius 1 is 1.42 bits per heavy atom. The van der Waals surface area contributed by atoms with Crippen LogP contribution in [0.25, 0.3) is 0 Å². The minimum Gasteiger partial charge on any atom is -0.298 e. The molecule has 0 saturated carbocycles. The van der Waals surface area contributed by atoms with Crippen LogP contribution in [0.3, 0.4) is 0 Å². The molecule has 0 spiro atoms. The van der Waals surface area contributed by atoms with Gasteiger partial charge in [-0.25, -0.2) is 0 Å². The first-order chi connectivity index (χ1) is 5.49. The van der Waals surface area contributed by atoms with Crippen molar-refractivity contribution in [2.75, 3.05) is 0 Å². The van der Waals surface area contributed by atoms with Gasteiger partial charge in [-0.05, 0) is 18.4 Å². The number of carbonyl (C=O) groups is 1. The maximum Gasteiger partial charge on any atom is 0.410 e. The van der Waals surface area contributed by atoms with Gasteiger partial charge in [-0.3, -0.25) is 4.79 Å². The molecule has 0 aromatic heterocycles. The molecule has 0 unspecified atom stereocenters. The molecule has 0 rings (SSSR count). The molecule has 0 atom stereocenters. The van der Waals surface area contributed by atoms with Crippen LogP contribution in [0.2, 0.25) is 0 Å². The van der Waals surface area contributed by atoms with Crippen molar-refractivity contribution >= 4 is 6.29 Å². The van der Waals surface area contributed by atoms with Gasteiger partial charge in [0.05, 0.1) is 0 Å². The van der Waals surface area contributed by atoms with E-state index in [1.165, 1.54) is 0 Å². The average Bonchev–Trinajstić information content (AvgIpc) is 1.95. The van der Waals surface area contributed by atoms with Crippen LogP contribution in [0.15, 0.2) is 11.6 Å². The quantitative estimate of drug-likeness (QED) is 0.480. The Balaban J connectivity index is 4.14. The Bertz CT molecular complexity index is 170. The van der Waals surface area contributed by atoms with Crippen LogP contribution in [0.4, 0.5) is 13.2 Å². The number of carbonyl (C=O) groups excluding carboxylic acids is 1. The summed E-state index contributed by atoms with van der Waals surface area (Å²) in [7, 11) is 0. The lowest BCUT2D eigenvalue weighted by Gasteiger charge is -2.01. The third kappa shape index (κ3) is 5.95. The normalized spacial score (nSPS) is 13.2. The van der Waals surface area contributed by atoms with E-state index in [4.69, 9.17) is 0 Å². The Morgan fingerprint density at radius 3 is 2.33 bits per heavy atom. The van der Waals surface area contributed by atoms with Crippen LogP contribution in [-0.4, -0.2) is 12.5 Å². The van der Waals surface area contributed by atoms with Crippen molar-refractivity contribution in [3.05, 3.63) is 11.6 Å². The maximum absolute atomic E-state index is 11.7. The lowest BCUT2D eigenvalue weighted by Crippen LogP contribution is -2.04. The topological polar surface area (TPSA) is 17.1 Å². The first kappa shape index (κ1) is 11.2. The molecule has 0 heterocycles. The van der Waals surface area contributed by atoms with Crippen LogP contribution in [-0.2, 0) is 4.79 Å². The summed E-state index contributed by atoms with van der Waals surface area (Å²) in [6.45, 7) is 1.86. The smallest absolute Gasteiger partial charge is 0.298 e. The van der Waals surface area contributed by atoms with E-state index in [0.29, 0.717) is 6.42 Å². The molecule has 0 bridgehead atoms. The number of hydrogen-bond acceptors (Lipinski definition) is 1. The van der Waals surface area contributed by atoms with Gasteiger partial charge in [0, 0.05) is 6.08 Å². The zero-order valence-corrected chi connectivity index (χ0v) is 6.82. The van der Waals surface area contributed by atoms with Gasteiger partial charge in [0.15, 0.2) is 0 Å². The van der Waals surface area contributed by atoms with E-state index >= 15 is 0 Å². The summed E-state index contributed by atoms with van der Waals surface area (Å²) in [6.07, 6.45) is -2.44. The Kier molecular flexibility index (Phi) is 4.62. The summed E-state index contributed by atoms with van der Waals surface area (Å²) in [5, 5.41) is 0. The Hall–Kier alpha value is -0.800. The molecule has 12 heavy (non-hydrogen) atoms. The lowest BCUT2D eigenvalue weighted by molar-refractivity contribution is -0.106. The van der Waals surface area contributed by atoms with Gasteiger partial charge in [-0.1, -0.05) is 13.3 Å². The highest BCUT2D eigenvalue weighted by Gasteiger charge is 2.23. The Labute approximate surface area is 69.3 Å². The number of unbranched alkanes of at least 4 members (excludes halogenated alkanes) is 1. The second kappa shape index (κ2) is 4.95. The van der Waals surface area contributed by atoms with Crippen LogP contribution < -0.4 is 0 Å². The van der Waals surface area contributed by atoms with Gasteiger partial charge in [-0.2, -0.15) is 13.2 Å². The summed E-state index contributed by atoms with van der Waals surface area (Å²) in [5.74, 6) is 0. The first-order valence-corrected chi connectivity index (χ1v) is 3.73. The molecule has 0 N–H and O–H groups in total. The molecule has 0 aromatic carbocycles. The summed E-state index contributed by atoms with van der Waals surface area (Å²) in [6, 6.07) is 0. The number of hydrogen-bond donors (Lipinski definition) is 0. The van der Waals surface area contributed by atoms with Crippen LogP contribution in [0, 0.1) is 0 Å². The second-order valence-corrected chi connectivity index (χ2v) is 2.48. The van der Waals surface area contributed by atoms with Gasteiger partial charge in [0.1, 0.15) is 6.29 Å². The minimum absolute atomic E-state index is 0.0651. The fraction of sp³-hybridized carbons (Fsp3) is 0.625. The molecular weight excluding hydrogens is 169 g/mol. The van der Waals surface area contributed by atoms with Crippen molar-refractivity contribution in [2.45, 2.75) is 32.4 Å². The van der Waals surface area contributed by atoms with Gasteiger partial charge in [0.2, 0.25) is 0 Å². The minimum atomic E-state index is -4.37. The van der Waals surface area contributed by atoms with Crippen molar-refractivity contribution in [1.29, 1.82) is 0 Å². The van der Waals surface area contributed by atoms with Gasteiger partial charge in [0.25, 0.3) is 0 Å². The molecule has 0 aliphatic rings. The maximum atomic E-state index is 11.7.